The van der Waals surface area contributed by atoms with E-state index in [0.717, 1.165) is 25.1 Å². The van der Waals surface area contributed by atoms with E-state index in [-0.39, 0.29) is 5.69 Å². The number of aryl methyl sites for hydroxylation is 1. The second-order valence-corrected chi connectivity index (χ2v) is 4.47. The van der Waals surface area contributed by atoms with Crippen molar-refractivity contribution in [2.24, 2.45) is 0 Å². The molecule has 1 N–H and O–H groups in total. The third-order valence-electron chi connectivity index (χ3n) is 3.26. The number of hydrogen-bond acceptors (Lipinski definition) is 4. The Balaban J connectivity index is 1.97. The van der Waals surface area contributed by atoms with Gasteiger partial charge in [0.1, 0.15) is 0 Å². The molecule has 19 heavy (non-hydrogen) atoms. The number of para-hydroxylation sites is 1. The lowest BCUT2D eigenvalue weighted by molar-refractivity contribution is 0.0689. The molecule has 0 fully saturated rings. The average molecular weight is 255 g/mol. The van der Waals surface area contributed by atoms with E-state index in [0.29, 0.717) is 5.82 Å². The Hall–Kier alpha value is -2.43. The Kier molecular flexibility index (Phi) is 2.87. The van der Waals surface area contributed by atoms with E-state index in [1.54, 1.807) is 6.07 Å². The minimum atomic E-state index is -1.06. The molecule has 5 nitrogen and oxygen atoms in total. The molecule has 1 aromatic carbocycles. The highest BCUT2D eigenvalue weighted by molar-refractivity contribution is 5.85. The fraction of sp³-hybridized carbons (Fsp3) is 0.214. The Bertz CT molecular complexity index is 610. The summed E-state index contributed by atoms with van der Waals surface area (Å²) in [5, 5.41) is 16.6. The van der Waals surface area contributed by atoms with E-state index >= 15 is 0 Å². The highest BCUT2D eigenvalue weighted by atomic mass is 16.4. The molecule has 0 saturated carbocycles. The maximum absolute atomic E-state index is 10.8. The van der Waals surface area contributed by atoms with Gasteiger partial charge in [-0.2, -0.15) is 0 Å². The highest BCUT2D eigenvalue weighted by Crippen LogP contribution is 2.31. The molecule has 0 unspecified atom stereocenters. The van der Waals surface area contributed by atoms with Crippen LogP contribution >= 0.6 is 0 Å². The summed E-state index contributed by atoms with van der Waals surface area (Å²) in [4.78, 5) is 12.9. The van der Waals surface area contributed by atoms with E-state index in [4.69, 9.17) is 5.11 Å². The maximum Gasteiger partial charge on any atom is 0.356 e. The Morgan fingerprint density at radius 3 is 2.74 bits per heavy atom. The molecule has 2 aromatic rings. The predicted octanol–water partition coefficient (Wildman–Crippen LogP) is 2.26. The minimum Gasteiger partial charge on any atom is -0.476 e. The normalized spacial score (nSPS) is 14.0. The van der Waals surface area contributed by atoms with Gasteiger partial charge >= 0.3 is 5.97 Å². The van der Waals surface area contributed by atoms with Crippen LogP contribution in [0.2, 0.25) is 0 Å². The summed E-state index contributed by atoms with van der Waals surface area (Å²) >= 11 is 0. The molecule has 0 radical (unpaired) electrons. The summed E-state index contributed by atoms with van der Waals surface area (Å²) in [5.41, 5.74) is 2.39. The quantitative estimate of drug-likeness (QED) is 0.891. The highest BCUT2D eigenvalue weighted by Gasteiger charge is 2.19. The Morgan fingerprint density at radius 2 is 2.00 bits per heavy atom. The average Bonchev–Trinajstić information content (AvgIpc) is 2.47. The molecule has 0 saturated heterocycles. The van der Waals surface area contributed by atoms with Crippen molar-refractivity contribution in [2.45, 2.75) is 12.8 Å². The van der Waals surface area contributed by atoms with E-state index < -0.39 is 5.97 Å². The first kappa shape index (κ1) is 11.6. The SMILES string of the molecule is O=C(O)c1ccc(N2CCCc3ccccc32)nn1. The van der Waals surface area contributed by atoms with Crippen molar-refractivity contribution >= 4 is 17.5 Å². The van der Waals surface area contributed by atoms with Crippen molar-refractivity contribution in [3.05, 3.63) is 47.7 Å². The van der Waals surface area contributed by atoms with Gasteiger partial charge in [0.05, 0.1) is 0 Å². The molecule has 5 heteroatoms. The van der Waals surface area contributed by atoms with Crippen LogP contribution in [0.25, 0.3) is 0 Å². The molecule has 0 amide bonds. The smallest absolute Gasteiger partial charge is 0.356 e. The summed E-state index contributed by atoms with van der Waals surface area (Å²) in [7, 11) is 0. The van der Waals surface area contributed by atoms with Crippen LogP contribution in [-0.2, 0) is 6.42 Å². The molecule has 96 valence electrons. The Labute approximate surface area is 110 Å². The number of carboxylic acids is 1. The van der Waals surface area contributed by atoms with Gasteiger partial charge in [-0.1, -0.05) is 18.2 Å². The van der Waals surface area contributed by atoms with Gasteiger partial charge in [0, 0.05) is 12.2 Å². The van der Waals surface area contributed by atoms with Gasteiger partial charge < -0.3 is 10.0 Å². The van der Waals surface area contributed by atoms with E-state index in [1.165, 1.54) is 11.6 Å². The fourth-order valence-electron chi connectivity index (χ4n) is 2.35. The summed E-state index contributed by atoms with van der Waals surface area (Å²) in [5.74, 6) is -0.366. The zero-order valence-corrected chi connectivity index (χ0v) is 10.3. The first-order chi connectivity index (χ1) is 9.25. The molecule has 1 aliphatic rings. The van der Waals surface area contributed by atoms with Crippen molar-refractivity contribution < 1.29 is 9.90 Å². The second-order valence-electron chi connectivity index (χ2n) is 4.47. The zero-order chi connectivity index (χ0) is 13.2. The number of carbonyl (C=O) groups is 1. The number of benzene rings is 1. The lowest BCUT2D eigenvalue weighted by Crippen LogP contribution is -2.25. The van der Waals surface area contributed by atoms with E-state index in [9.17, 15) is 4.79 Å². The van der Waals surface area contributed by atoms with Crippen LogP contribution in [0.3, 0.4) is 0 Å². The third kappa shape index (κ3) is 2.14. The van der Waals surface area contributed by atoms with Crippen molar-refractivity contribution in [1.29, 1.82) is 0 Å². The molecular formula is C14H13N3O2. The first-order valence-electron chi connectivity index (χ1n) is 6.18. The van der Waals surface area contributed by atoms with Crippen LogP contribution in [0.5, 0.6) is 0 Å². The topological polar surface area (TPSA) is 66.3 Å². The van der Waals surface area contributed by atoms with Gasteiger partial charge in [-0.15, -0.1) is 10.2 Å². The van der Waals surface area contributed by atoms with Crippen molar-refractivity contribution in [2.75, 3.05) is 11.4 Å². The van der Waals surface area contributed by atoms with Gasteiger partial charge in [0.15, 0.2) is 11.5 Å². The van der Waals surface area contributed by atoms with Crippen molar-refractivity contribution in [3.8, 4) is 0 Å². The standard InChI is InChI=1S/C14H13N3O2/c18-14(19)11-7-8-13(16-15-11)17-9-3-5-10-4-1-2-6-12(10)17/h1-2,4,6-8H,3,5,9H2,(H,18,19). The molecular weight excluding hydrogens is 242 g/mol. The van der Waals surface area contributed by atoms with Crippen LogP contribution in [-0.4, -0.2) is 27.8 Å². The largest absolute Gasteiger partial charge is 0.476 e. The number of aromatic carboxylic acids is 1. The molecule has 2 heterocycles. The van der Waals surface area contributed by atoms with Crippen molar-refractivity contribution in [3.63, 3.8) is 0 Å². The number of nitrogens with zero attached hydrogens (tertiary/aromatic N) is 3. The van der Waals surface area contributed by atoms with Crippen LogP contribution in [0, 0.1) is 0 Å². The zero-order valence-electron chi connectivity index (χ0n) is 10.3. The summed E-state index contributed by atoms with van der Waals surface area (Å²) in [6.45, 7) is 0.873. The Morgan fingerprint density at radius 1 is 1.16 bits per heavy atom. The lowest BCUT2D eigenvalue weighted by atomic mass is 10.0. The molecule has 1 aliphatic heterocycles. The molecule has 0 aliphatic carbocycles. The van der Waals surface area contributed by atoms with Gasteiger partial charge in [-0.25, -0.2) is 4.79 Å². The second kappa shape index (κ2) is 4.68. The molecule has 1 aromatic heterocycles. The molecule has 3 rings (SSSR count). The molecule has 0 atom stereocenters. The fourth-order valence-corrected chi connectivity index (χ4v) is 2.35. The van der Waals surface area contributed by atoms with Gasteiger partial charge in [-0.3, -0.25) is 0 Å². The molecule has 0 spiro atoms. The first-order valence-corrected chi connectivity index (χ1v) is 6.18. The van der Waals surface area contributed by atoms with Gasteiger partial charge in [-0.05, 0) is 36.6 Å². The van der Waals surface area contributed by atoms with E-state index in [1.807, 2.05) is 12.1 Å². The number of fused-ring (bicyclic) bond motifs is 1. The van der Waals surface area contributed by atoms with Crippen LogP contribution in [0.1, 0.15) is 22.5 Å². The third-order valence-corrected chi connectivity index (χ3v) is 3.26. The van der Waals surface area contributed by atoms with Crippen LogP contribution in [0.4, 0.5) is 11.5 Å². The summed E-state index contributed by atoms with van der Waals surface area (Å²) in [6.07, 6.45) is 2.12. The number of anilines is 2. The predicted molar refractivity (Wildman–Crippen MR) is 70.8 cm³/mol. The van der Waals surface area contributed by atoms with E-state index in [2.05, 4.69) is 27.2 Å². The molecule has 0 bridgehead atoms. The number of carboxylic acid groups (broad SMARTS) is 1. The summed E-state index contributed by atoms with van der Waals surface area (Å²) < 4.78 is 0. The number of hydrogen-bond donors (Lipinski definition) is 1. The number of rotatable bonds is 2. The number of aromatic nitrogens is 2. The summed E-state index contributed by atoms with van der Waals surface area (Å²) in [6, 6.07) is 11.4. The van der Waals surface area contributed by atoms with Crippen molar-refractivity contribution in [1.82, 2.24) is 10.2 Å². The maximum atomic E-state index is 10.8. The monoisotopic (exact) mass is 255 g/mol. The van der Waals surface area contributed by atoms with Gasteiger partial charge in [0.2, 0.25) is 0 Å². The minimum absolute atomic E-state index is 0.0333. The van der Waals surface area contributed by atoms with Crippen LogP contribution in [0.15, 0.2) is 36.4 Å². The van der Waals surface area contributed by atoms with Crippen LogP contribution < -0.4 is 4.90 Å². The van der Waals surface area contributed by atoms with Gasteiger partial charge in [0.25, 0.3) is 0 Å². The lowest BCUT2D eigenvalue weighted by Gasteiger charge is -2.29.